The Morgan fingerprint density at radius 3 is 2.53 bits per heavy atom. The average Bonchev–Trinajstić information content (AvgIpc) is 2.92. The number of aliphatic carboxylic acids is 1. The highest BCUT2D eigenvalue weighted by Gasteiger charge is 2.34. The van der Waals surface area contributed by atoms with Crippen molar-refractivity contribution in [2.75, 3.05) is 11.4 Å². The summed E-state index contributed by atoms with van der Waals surface area (Å²) in [6.45, 7) is 7.18. The molecular formula is C32H34ClN3O2. The van der Waals surface area contributed by atoms with E-state index in [1.807, 2.05) is 25.3 Å². The lowest BCUT2D eigenvalue weighted by atomic mass is 9.83. The summed E-state index contributed by atoms with van der Waals surface area (Å²) in [7, 11) is 0. The third kappa shape index (κ3) is 5.84. The molecule has 0 radical (unpaired) electrons. The number of halogens is 1. The molecule has 0 aromatic heterocycles. The number of hydrogen-bond acceptors (Lipinski definition) is 4. The molecule has 0 spiro atoms. The third-order valence-corrected chi connectivity index (χ3v) is 7.33. The van der Waals surface area contributed by atoms with E-state index in [9.17, 15) is 4.79 Å². The van der Waals surface area contributed by atoms with Crippen LogP contribution in [-0.4, -0.2) is 29.9 Å². The maximum absolute atomic E-state index is 11.0. The Balaban J connectivity index is 1.84. The zero-order valence-corrected chi connectivity index (χ0v) is 22.8. The molecule has 0 bridgehead atoms. The van der Waals surface area contributed by atoms with Gasteiger partial charge in [0.2, 0.25) is 0 Å². The molecule has 38 heavy (non-hydrogen) atoms. The Morgan fingerprint density at radius 2 is 1.89 bits per heavy atom. The molecule has 3 aromatic carbocycles. The summed E-state index contributed by atoms with van der Waals surface area (Å²) in [5.74, 6) is -0.969. The van der Waals surface area contributed by atoms with Gasteiger partial charge in [-0.05, 0) is 78.3 Å². The van der Waals surface area contributed by atoms with Crippen molar-refractivity contribution in [3.8, 4) is 0 Å². The van der Waals surface area contributed by atoms with Crippen molar-refractivity contribution >= 4 is 41.1 Å². The summed E-state index contributed by atoms with van der Waals surface area (Å²) < 4.78 is 0. The first-order chi connectivity index (χ1) is 18.4. The molecule has 3 aromatic rings. The highest BCUT2D eigenvalue weighted by molar-refractivity contribution is 6.33. The number of aryl methyl sites for hydroxylation is 1. The lowest BCUT2D eigenvalue weighted by Crippen LogP contribution is -2.43. The van der Waals surface area contributed by atoms with Gasteiger partial charge in [0.05, 0.1) is 16.8 Å². The first-order valence-corrected chi connectivity index (χ1v) is 13.4. The van der Waals surface area contributed by atoms with Gasteiger partial charge in [-0.3, -0.25) is 0 Å². The van der Waals surface area contributed by atoms with Crippen molar-refractivity contribution < 1.29 is 9.90 Å². The van der Waals surface area contributed by atoms with Crippen molar-refractivity contribution in [3.05, 3.63) is 111 Å². The van der Waals surface area contributed by atoms with E-state index >= 15 is 0 Å². The summed E-state index contributed by atoms with van der Waals surface area (Å²) in [4.78, 5) is 13.4. The number of hydrogen-bond donors (Lipinski definition) is 3. The number of allylic oxidation sites excluding steroid dienone is 1. The second-order valence-electron chi connectivity index (χ2n) is 9.56. The summed E-state index contributed by atoms with van der Waals surface area (Å²) in [6.07, 6.45) is 7.80. The van der Waals surface area contributed by atoms with Crippen molar-refractivity contribution in [2.24, 2.45) is 0 Å². The first kappa shape index (κ1) is 27.2. The second kappa shape index (κ2) is 12.1. The van der Waals surface area contributed by atoms with Crippen LogP contribution >= 0.6 is 11.6 Å². The van der Waals surface area contributed by atoms with Gasteiger partial charge in [-0.25, -0.2) is 4.79 Å². The quantitative estimate of drug-likeness (QED) is 0.204. The molecule has 1 heterocycles. The molecule has 4 rings (SSSR count). The van der Waals surface area contributed by atoms with Crippen LogP contribution in [0.15, 0.2) is 72.9 Å². The van der Waals surface area contributed by atoms with Crippen LogP contribution in [0.5, 0.6) is 0 Å². The molecule has 0 amide bonds. The van der Waals surface area contributed by atoms with E-state index in [1.165, 1.54) is 22.9 Å². The van der Waals surface area contributed by atoms with Gasteiger partial charge in [-0.15, -0.1) is 0 Å². The fourth-order valence-electron chi connectivity index (χ4n) is 5.12. The maximum Gasteiger partial charge on any atom is 0.328 e. The minimum absolute atomic E-state index is 0.0774. The molecule has 2 atom stereocenters. The number of anilines is 1. The first-order valence-electron chi connectivity index (χ1n) is 13.0. The minimum Gasteiger partial charge on any atom is -0.478 e. The molecule has 0 fully saturated rings. The van der Waals surface area contributed by atoms with E-state index in [2.05, 4.69) is 72.6 Å². The van der Waals surface area contributed by atoms with Gasteiger partial charge < -0.3 is 20.7 Å². The molecule has 2 unspecified atom stereocenters. The number of nitrogens with zero attached hydrogens (tertiary/aromatic N) is 1. The van der Waals surface area contributed by atoms with E-state index in [1.54, 1.807) is 6.08 Å². The number of fused-ring (bicyclic) bond motifs is 1. The maximum atomic E-state index is 11.0. The number of benzene rings is 3. The lowest BCUT2D eigenvalue weighted by molar-refractivity contribution is -0.131. The number of carboxylic acid groups (broad SMARTS) is 1. The molecule has 5 nitrogen and oxygen atoms in total. The summed E-state index contributed by atoms with van der Waals surface area (Å²) >= 11 is 6.87. The molecule has 0 saturated carbocycles. The topological polar surface area (TPSA) is 76.4 Å². The normalized spacial score (nSPS) is 17.4. The number of rotatable bonds is 9. The van der Waals surface area contributed by atoms with Crippen molar-refractivity contribution in [2.45, 2.75) is 45.7 Å². The van der Waals surface area contributed by atoms with Crippen LogP contribution in [0.1, 0.15) is 60.2 Å². The molecule has 3 N–H and O–H groups in total. The largest absolute Gasteiger partial charge is 0.478 e. The highest BCUT2D eigenvalue weighted by atomic mass is 35.5. The fraction of sp³-hybridized carbons (Fsp3) is 0.250. The van der Waals surface area contributed by atoms with Crippen molar-refractivity contribution in [1.29, 1.82) is 5.41 Å². The van der Waals surface area contributed by atoms with Crippen LogP contribution < -0.4 is 10.2 Å². The van der Waals surface area contributed by atoms with Crippen LogP contribution in [-0.2, 0) is 17.6 Å². The third-order valence-electron chi connectivity index (χ3n) is 7.03. The molecule has 0 saturated heterocycles. The van der Waals surface area contributed by atoms with Crippen LogP contribution in [0.3, 0.4) is 0 Å². The summed E-state index contributed by atoms with van der Waals surface area (Å²) in [5.41, 5.74) is 8.43. The zero-order valence-electron chi connectivity index (χ0n) is 22.0. The van der Waals surface area contributed by atoms with Crippen molar-refractivity contribution in [1.82, 2.24) is 5.32 Å². The van der Waals surface area contributed by atoms with E-state index in [4.69, 9.17) is 22.1 Å². The molecule has 0 aliphatic carbocycles. The number of carbonyl (C=O) groups is 1. The van der Waals surface area contributed by atoms with Gasteiger partial charge in [-0.1, -0.05) is 67.1 Å². The van der Waals surface area contributed by atoms with Gasteiger partial charge in [-0.2, -0.15) is 0 Å². The summed E-state index contributed by atoms with van der Waals surface area (Å²) in [6, 6.07) is 20.9. The Morgan fingerprint density at radius 1 is 1.13 bits per heavy atom. The van der Waals surface area contributed by atoms with Gasteiger partial charge in [0, 0.05) is 36.7 Å². The zero-order chi connectivity index (χ0) is 27.2. The van der Waals surface area contributed by atoms with Crippen LogP contribution in [0.25, 0.3) is 11.6 Å². The molecule has 6 heteroatoms. The average molecular weight is 528 g/mol. The molecular weight excluding hydrogens is 494 g/mol. The van der Waals surface area contributed by atoms with Crippen LogP contribution in [0.2, 0.25) is 5.02 Å². The van der Waals surface area contributed by atoms with Gasteiger partial charge in [0.25, 0.3) is 0 Å². The van der Waals surface area contributed by atoms with Gasteiger partial charge >= 0.3 is 5.97 Å². The number of nitrogens with one attached hydrogen (secondary N) is 2. The van der Waals surface area contributed by atoms with Crippen molar-refractivity contribution in [3.63, 3.8) is 0 Å². The Labute approximate surface area is 230 Å². The lowest BCUT2D eigenvalue weighted by Gasteiger charge is -2.44. The minimum atomic E-state index is -0.969. The second-order valence-corrected chi connectivity index (χ2v) is 9.96. The Bertz CT molecular complexity index is 1380. The molecule has 196 valence electrons. The smallest absolute Gasteiger partial charge is 0.328 e. The van der Waals surface area contributed by atoms with E-state index in [0.717, 1.165) is 58.4 Å². The van der Waals surface area contributed by atoms with E-state index in [0.29, 0.717) is 0 Å². The van der Waals surface area contributed by atoms with E-state index < -0.39 is 5.97 Å². The van der Waals surface area contributed by atoms with Crippen LogP contribution in [0.4, 0.5) is 5.69 Å². The predicted molar refractivity (Wildman–Crippen MR) is 158 cm³/mol. The SMILES string of the molecule is CCN/C=C(\C=N)c1ccc2c(c1)CC(C)N(c1ccc(CC)cc1Cl)C2c1ccc(/C=C/C(=O)O)cc1. The van der Waals surface area contributed by atoms with Crippen LogP contribution in [0, 0.1) is 5.41 Å². The molecule has 1 aliphatic rings. The summed E-state index contributed by atoms with van der Waals surface area (Å²) in [5, 5.41) is 20.9. The van der Waals surface area contributed by atoms with Gasteiger partial charge in [0.1, 0.15) is 0 Å². The molecule has 1 aliphatic heterocycles. The fourth-order valence-corrected chi connectivity index (χ4v) is 5.42. The highest BCUT2D eigenvalue weighted by Crippen LogP contribution is 2.44. The van der Waals surface area contributed by atoms with Gasteiger partial charge in [0.15, 0.2) is 0 Å². The predicted octanol–water partition coefficient (Wildman–Crippen LogP) is 7.14. The Kier molecular flexibility index (Phi) is 8.70. The Hall–Kier alpha value is -3.83. The monoisotopic (exact) mass is 527 g/mol. The number of carboxylic acids is 1. The standard InChI is InChI=1S/C32H34ClN3O2/c1-4-22-8-14-30(29(33)17-22)36-21(3)16-26-18-25(27(19-34)20-35-5-2)12-13-28(26)32(36)24-10-6-23(7-11-24)9-15-31(37)38/h6-15,17-21,32,34-35H,4-5,16H2,1-3H3,(H,37,38)/b15-9+,27-20+,34-19?. The van der Waals surface area contributed by atoms with E-state index in [-0.39, 0.29) is 12.1 Å².